The van der Waals surface area contributed by atoms with Gasteiger partial charge in [-0.3, -0.25) is 9.48 Å². The highest BCUT2D eigenvalue weighted by molar-refractivity contribution is 7.90. The minimum Gasteiger partial charge on any atom is -0.387 e. The number of ether oxygens (including phenoxy) is 1. The number of aromatic nitrogens is 2. The van der Waals surface area contributed by atoms with E-state index in [1.165, 1.54) is 36.3 Å². The maximum Gasteiger partial charge on any atom is 0.178 e. The van der Waals surface area contributed by atoms with Gasteiger partial charge in [-0.2, -0.15) is 5.10 Å². The summed E-state index contributed by atoms with van der Waals surface area (Å²) in [5, 5.41) is 15.1. The number of hydrogen-bond acceptors (Lipinski definition) is 6. The second-order valence-electron chi connectivity index (χ2n) is 12.3. The number of rotatable bonds is 5. The number of nitrogens with zero attached hydrogens (tertiary/aromatic N) is 2. The summed E-state index contributed by atoms with van der Waals surface area (Å²) in [5.41, 5.74) is -0.539. The van der Waals surface area contributed by atoms with Gasteiger partial charge in [-0.1, -0.05) is 6.92 Å². The summed E-state index contributed by atoms with van der Waals surface area (Å²) in [7, 11) is -1.57. The zero-order chi connectivity index (χ0) is 24.0. The predicted molar refractivity (Wildman–Crippen MR) is 126 cm³/mol. The second-order valence-corrected chi connectivity index (χ2v) is 14.4. The fourth-order valence-electron chi connectivity index (χ4n) is 9.55. The molecule has 5 aliphatic rings. The predicted octanol–water partition coefficient (Wildman–Crippen LogP) is 3.11. The van der Waals surface area contributed by atoms with Gasteiger partial charge in [0.15, 0.2) is 15.6 Å². The highest BCUT2D eigenvalue weighted by atomic mass is 32.2. The quantitative estimate of drug-likeness (QED) is 0.681. The van der Waals surface area contributed by atoms with Crippen LogP contribution in [0.5, 0.6) is 0 Å². The molecule has 0 saturated heterocycles. The molecule has 8 heteroatoms. The third kappa shape index (κ3) is 3.23. The first-order chi connectivity index (χ1) is 16.1. The fourth-order valence-corrected chi connectivity index (χ4v) is 10.1. The molecule has 188 valence electrons. The normalized spacial score (nSPS) is 47.3. The Hall–Kier alpha value is -1.25. The molecule has 5 aliphatic carbocycles. The van der Waals surface area contributed by atoms with Crippen molar-refractivity contribution in [3.8, 4) is 0 Å². The average Bonchev–Trinajstić information content (AvgIpc) is 3.06. The van der Waals surface area contributed by atoms with Crippen molar-refractivity contribution in [1.29, 1.82) is 0 Å². The van der Waals surface area contributed by atoms with Crippen molar-refractivity contribution in [1.82, 2.24) is 9.78 Å². The van der Waals surface area contributed by atoms with E-state index in [9.17, 15) is 18.3 Å². The Bertz CT molecular complexity index is 1100. The molecule has 0 spiro atoms. The van der Waals surface area contributed by atoms with Gasteiger partial charge in [0.2, 0.25) is 0 Å². The summed E-state index contributed by atoms with van der Waals surface area (Å²) < 4.78 is 30.7. The number of sulfone groups is 1. The number of carbonyl (C=O) groups excluding carboxylic acids is 1. The molecule has 5 fully saturated rings. The van der Waals surface area contributed by atoms with Crippen molar-refractivity contribution < 1.29 is 23.1 Å². The lowest BCUT2D eigenvalue weighted by Gasteiger charge is -2.55. The molecular formula is C26H38N2O5S. The average molecular weight is 491 g/mol. The molecule has 0 aromatic carbocycles. The van der Waals surface area contributed by atoms with Crippen LogP contribution in [0.4, 0.5) is 0 Å². The van der Waals surface area contributed by atoms with Crippen LogP contribution in [-0.2, 0) is 25.9 Å². The number of Topliss-reactive ketones (excluding diaryl/α,β-unsaturated/α-hetero) is 1. The molecule has 0 aliphatic heterocycles. The van der Waals surface area contributed by atoms with Gasteiger partial charge in [-0.15, -0.1) is 0 Å². The maximum atomic E-state index is 13.4. The van der Waals surface area contributed by atoms with Crippen LogP contribution in [0.1, 0.15) is 58.3 Å². The van der Waals surface area contributed by atoms with Crippen LogP contribution in [0.3, 0.4) is 0 Å². The van der Waals surface area contributed by atoms with E-state index >= 15 is 0 Å². The minimum atomic E-state index is -3.32. The number of carbonyl (C=O) groups is 1. The molecule has 1 heterocycles. The SMILES string of the molecule is CO[C@@H]1C2[C@@H]3CC[C@@H]4[C@H](CC[C@]5(C)[C@@H](C(=O)Cn6cc(S(C)(=O)=O)cn6)CC[C@@H]45)[C@H]3CC[C@@]21O. The van der Waals surface area contributed by atoms with Gasteiger partial charge in [0, 0.05) is 31.4 Å². The third-order valence-corrected chi connectivity index (χ3v) is 12.1. The van der Waals surface area contributed by atoms with Crippen LogP contribution < -0.4 is 0 Å². The van der Waals surface area contributed by atoms with E-state index in [4.69, 9.17) is 4.74 Å². The molecule has 10 atom stereocenters. The first kappa shape index (κ1) is 23.2. The molecule has 0 radical (unpaired) electrons. The van der Waals surface area contributed by atoms with Crippen molar-refractivity contribution in [3.05, 3.63) is 12.4 Å². The fraction of sp³-hybridized carbons (Fsp3) is 0.846. The number of ketones is 1. The van der Waals surface area contributed by atoms with E-state index in [2.05, 4.69) is 12.0 Å². The molecule has 5 saturated carbocycles. The monoisotopic (exact) mass is 490 g/mol. The summed E-state index contributed by atoms with van der Waals surface area (Å²) in [6.45, 7) is 2.50. The first-order valence-electron chi connectivity index (χ1n) is 13.1. The lowest BCUT2D eigenvalue weighted by atomic mass is 9.49. The summed E-state index contributed by atoms with van der Waals surface area (Å²) in [5.74, 6) is 3.84. The molecule has 1 unspecified atom stereocenters. The van der Waals surface area contributed by atoms with Crippen LogP contribution in [-0.4, -0.2) is 54.2 Å². The van der Waals surface area contributed by atoms with E-state index in [0.29, 0.717) is 29.6 Å². The molecule has 7 nitrogen and oxygen atoms in total. The Kier molecular flexibility index (Phi) is 5.20. The minimum absolute atomic E-state index is 0.0276. The van der Waals surface area contributed by atoms with E-state index in [0.717, 1.165) is 44.3 Å². The van der Waals surface area contributed by atoms with Crippen molar-refractivity contribution >= 4 is 15.6 Å². The zero-order valence-electron chi connectivity index (χ0n) is 20.5. The van der Waals surface area contributed by atoms with Crippen molar-refractivity contribution in [2.45, 2.75) is 81.4 Å². The maximum absolute atomic E-state index is 13.4. The molecule has 1 aromatic heterocycles. The first-order valence-corrected chi connectivity index (χ1v) is 15.0. The van der Waals surface area contributed by atoms with E-state index in [1.807, 2.05) is 0 Å². The highest BCUT2D eigenvalue weighted by Gasteiger charge is 2.72. The molecule has 6 rings (SSSR count). The van der Waals surface area contributed by atoms with Gasteiger partial charge in [-0.05, 0) is 86.4 Å². The lowest BCUT2D eigenvalue weighted by molar-refractivity contribution is -0.131. The van der Waals surface area contributed by atoms with Gasteiger partial charge in [0.05, 0.1) is 24.4 Å². The zero-order valence-corrected chi connectivity index (χ0v) is 21.3. The Balaban J connectivity index is 1.17. The largest absolute Gasteiger partial charge is 0.387 e. The molecule has 1 aromatic rings. The van der Waals surface area contributed by atoms with Crippen LogP contribution in [0.2, 0.25) is 0 Å². The summed E-state index contributed by atoms with van der Waals surface area (Å²) in [4.78, 5) is 13.6. The van der Waals surface area contributed by atoms with Crippen LogP contribution >= 0.6 is 0 Å². The van der Waals surface area contributed by atoms with Gasteiger partial charge < -0.3 is 9.84 Å². The summed E-state index contributed by atoms with van der Waals surface area (Å²) >= 11 is 0. The van der Waals surface area contributed by atoms with Gasteiger partial charge in [0.25, 0.3) is 0 Å². The highest BCUT2D eigenvalue weighted by Crippen LogP contribution is 2.69. The Morgan fingerprint density at radius 3 is 2.53 bits per heavy atom. The number of aliphatic hydroxyl groups is 1. The van der Waals surface area contributed by atoms with Crippen molar-refractivity contribution in [3.63, 3.8) is 0 Å². The van der Waals surface area contributed by atoms with Crippen LogP contribution in [0.15, 0.2) is 17.3 Å². The summed E-state index contributed by atoms with van der Waals surface area (Å²) in [6.07, 6.45) is 12.7. The van der Waals surface area contributed by atoms with Crippen LogP contribution in [0.25, 0.3) is 0 Å². The van der Waals surface area contributed by atoms with Crippen LogP contribution in [0, 0.1) is 46.8 Å². The standard InChI is InChI=1S/C26H38N2O5S/c1-25-10-8-16-17-9-11-26(30)23(24(26)33-2)19(17)5-4-18(16)20(25)6-7-21(25)22(29)14-28-13-15(12-27-28)34(3,31)32/h12-13,16-21,23-24,30H,4-11,14H2,1-3H3/t16-,17-,18-,19-,20+,21-,23?,24-,25+,26-/m1/s1. The van der Waals surface area contributed by atoms with E-state index in [1.54, 1.807) is 7.11 Å². The Morgan fingerprint density at radius 2 is 1.82 bits per heavy atom. The van der Waals surface area contributed by atoms with Gasteiger partial charge in [0.1, 0.15) is 4.90 Å². The molecular weight excluding hydrogens is 452 g/mol. The molecule has 0 amide bonds. The van der Waals surface area contributed by atoms with E-state index in [-0.39, 0.29) is 34.7 Å². The molecule has 34 heavy (non-hydrogen) atoms. The Morgan fingerprint density at radius 1 is 1.12 bits per heavy atom. The van der Waals surface area contributed by atoms with E-state index < -0.39 is 15.4 Å². The summed E-state index contributed by atoms with van der Waals surface area (Å²) in [6, 6.07) is 0. The number of methoxy groups -OCH3 is 1. The van der Waals surface area contributed by atoms with Gasteiger partial charge in [-0.25, -0.2) is 8.42 Å². The van der Waals surface area contributed by atoms with Gasteiger partial charge >= 0.3 is 0 Å². The topological polar surface area (TPSA) is 98.5 Å². The Labute approximate surface area is 202 Å². The third-order valence-electron chi connectivity index (χ3n) is 11.1. The number of hydrogen-bond donors (Lipinski definition) is 1. The smallest absolute Gasteiger partial charge is 0.178 e. The second kappa shape index (κ2) is 7.62. The molecule has 1 N–H and O–H groups in total. The molecule has 0 bridgehead atoms. The number of fused-ring (bicyclic) bond motifs is 7. The van der Waals surface area contributed by atoms with Crippen molar-refractivity contribution in [2.24, 2.45) is 46.8 Å². The van der Waals surface area contributed by atoms with Crippen molar-refractivity contribution in [2.75, 3.05) is 13.4 Å². The lowest BCUT2D eigenvalue weighted by Crippen LogP contribution is -2.50.